The number of ketones is 1. The van der Waals surface area contributed by atoms with Crippen molar-refractivity contribution in [3.05, 3.63) is 64.6 Å². The molecule has 1 heterocycles. The summed E-state index contributed by atoms with van der Waals surface area (Å²) in [6.07, 6.45) is 0.958. The summed E-state index contributed by atoms with van der Waals surface area (Å²) in [5, 5.41) is 9.26. The van der Waals surface area contributed by atoms with Crippen molar-refractivity contribution in [3.8, 4) is 5.75 Å². The molecule has 6 nitrogen and oxygen atoms in total. The quantitative estimate of drug-likeness (QED) is 0.384. The van der Waals surface area contributed by atoms with Gasteiger partial charge in [-0.15, -0.1) is 0 Å². The van der Waals surface area contributed by atoms with E-state index in [4.69, 9.17) is 17.0 Å². The Morgan fingerprint density at radius 2 is 1.97 bits per heavy atom. The maximum Gasteiger partial charge on any atom is 0.344 e. The smallest absolute Gasteiger partial charge is 0.344 e. The minimum absolute atomic E-state index is 0.104. The molecule has 30 heavy (non-hydrogen) atoms. The fraction of sp³-hybridized carbons (Fsp3) is 0.182. The average molecular weight is 442 g/mol. The van der Waals surface area contributed by atoms with E-state index >= 15 is 0 Å². The SMILES string of the molecule is CCC(Oc1ccccc1/C=C1/SC(=S)N(c2cccc(C(C)=O)c2)C1=O)C(=O)O. The van der Waals surface area contributed by atoms with Crippen LogP contribution in [0.5, 0.6) is 5.75 Å². The number of carboxylic acid groups (broad SMARTS) is 1. The first-order valence-electron chi connectivity index (χ1n) is 9.19. The van der Waals surface area contributed by atoms with Crippen molar-refractivity contribution in [2.45, 2.75) is 26.4 Å². The van der Waals surface area contributed by atoms with E-state index in [1.54, 1.807) is 61.5 Å². The first-order chi connectivity index (χ1) is 14.3. The molecule has 1 atom stereocenters. The van der Waals surface area contributed by atoms with E-state index in [1.807, 2.05) is 0 Å². The number of hydrogen-bond donors (Lipinski definition) is 1. The Morgan fingerprint density at radius 3 is 2.63 bits per heavy atom. The summed E-state index contributed by atoms with van der Waals surface area (Å²) >= 11 is 6.53. The van der Waals surface area contributed by atoms with Crippen molar-refractivity contribution in [1.82, 2.24) is 0 Å². The number of hydrogen-bond acceptors (Lipinski definition) is 6. The first kappa shape index (κ1) is 21.7. The fourth-order valence-electron chi connectivity index (χ4n) is 2.86. The lowest BCUT2D eigenvalue weighted by Crippen LogP contribution is -2.27. The maximum atomic E-state index is 13.0. The van der Waals surface area contributed by atoms with Crippen molar-refractivity contribution < 1.29 is 24.2 Å². The average Bonchev–Trinajstić information content (AvgIpc) is 3.00. The number of carboxylic acids is 1. The molecule has 1 unspecified atom stereocenters. The lowest BCUT2D eigenvalue weighted by molar-refractivity contribution is -0.145. The van der Waals surface area contributed by atoms with E-state index in [0.29, 0.717) is 38.2 Å². The minimum atomic E-state index is -1.05. The number of rotatable bonds is 7. The third-order valence-electron chi connectivity index (χ3n) is 4.43. The van der Waals surface area contributed by atoms with Crippen LogP contribution in [0.3, 0.4) is 0 Å². The topological polar surface area (TPSA) is 83.9 Å². The van der Waals surface area contributed by atoms with Gasteiger partial charge < -0.3 is 9.84 Å². The summed E-state index contributed by atoms with van der Waals surface area (Å²) in [5.41, 5.74) is 1.59. The normalized spacial score (nSPS) is 16.1. The molecule has 154 valence electrons. The predicted molar refractivity (Wildman–Crippen MR) is 121 cm³/mol. The molecule has 1 N–H and O–H groups in total. The zero-order valence-electron chi connectivity index (χ0n) is 16.3. The van der Waals surface area contributed by atoms with Crippen LogP contribution in [0.15, 0.2) is 53.4 Å². The zero-order chi connectivity index (χ0) is 21.8. The Bertz CT molecular complexity index is 1060. The van der Waals surface area contributed by atoms with Crippen LogP contribution in [0.25, 0.3) is 6.08 Å². The van der Waals surface area contributed by atoms with Crippen molar-refractivity contribution >= 4 is 57.7 Å². The molecule has 0 radical (unpaired) electrons. The van der Waals surface area contributed by atoms with Gasteiger partial charge in [0.25, 0.3) is 5.91 Å². The van der Waals surface area contributed by atoms with Gasteiger partial charge in [-0.05, 0) is 37.6 Å². The summed E-state index contributed by atoms with van der Waals surface area (Å²) in [6.45, 7) is 3.18. The Kier molecular flexibility index (Phi) is 6.69. The highest BCUT2D eigenvalue weighted by atomic mass is 32.2. The van der Waals surface area contributed by atoms with Crippen molar-refractivity contribution in [2.24, 2.45) is 0 Å². The van der Waals surface area contributed by atoms with Gasteiger partial charge in [0.15, 0.2) is 16.2 Å². The van der Waals surface area contributed by atoms with Crippen LogP contribution in [0.4, 0.5) is 5.69 Å². The Labute approximate surface area is 183 Å². The molecule has 0 spiro atoms. The van der Waals surface area contributed by atoms with Gasteiger partial charge in [0.05, 0.1) is 10.6 Å². The van der Waals surface area contributed by atoms with Crippen LogP contribution in [-0.4, -0.2) is 33.2 Å². The van der Waals surface area contributed by atoms with E-state index < -0.39 is 12.1 Å². The van der Waals surface area contributed by atoms with Crippen LogP contribution in [-0.2, 0) is 9.59 Å². The molecule has 1 aliphatic rings. The predicted octanol–water partition coefficient (Wildman–Crippen LogP) is 4.54. The van der Waals surface area contributed by atoms with Crippen LogP contribution < -0.4 is 9.64 Å². The number of Topliss-reactive ketones (excluding diaryl/α,β-unsaturated/α-hetero) is 1. The standard InChI is InChI=1S/C22H19NO5S2/c1-3-17(21(26)27)28-18-10-5-4-7-15(18)12-19-20(25)23(22(29)30-19)16-9-6-8-14(11-16)13(2)24/h4-12,17H,3H2,1-2H3,(H,26,27)/b19-12+. The Balaban J connectivity index is 1.92. The molecular formula is C22H19NO5S2. The van der Waals surface area contributed by atoms with Crippen molar-refractivity contribution in [2.75, 3.05) is 4.90 Å². The number of carbonyl (C=O) groups excluding carboxylic acids is 2. The number of thiocarbonyl (C=S) groups is 1. The van der Waals surface area contributed by atoms with Gasteiger partial charge in [-0.3, -0.25) is 14.5 Å². The monoisotopic (exact) mass is 441 g/mol. The highest BCUT2D eigenvalue weighted by Gasteiger charge is 2.33. The Morgan fingerprint density at radius 1 is 1.23 bits per heavy atom. The lowest BCUT2D eigenvalue weighted by Gasteiger charge is -2.16. The van der Waals surface area contributed by atoms with Crippen LogP contribution >= 0.6 is 24.0 Å². The zero-order valence-corrected chi connectivity index (χ0v) is 18.0. The summed E-state index contributed by atoms with van der Waals surface area (Å²) in [4.78, 5) is 37.8. The number of ether oxygens (including phenoxy) is 1. The summed E-state index contributed by atoms with van der Waals surface area (Å²) in [5.74, 6) is -1.10. The van der Waals surface area contributed by atoms with E-state index in [-0.39, 0.29) is 11.7 Å². The van der Waals surface area contributed by atoms with E-state index in [0.717, 1.165) is 11.8 Å². The highest BCUT2D eigenvalue weighted by molar-refractivity contribution is 8.27. The molecule has 2 aromatic rings. The third-order valence-corrected chi connectivity index (χ3v) is 5.73. The molecular weight excluding hydrogens is 422 g/mol. The second-order valence-corrected chi connectivity index (χ2v) is 8.19. The van der Waals surface area contributed by atoms with Gasteiger partial charge >= 0.3 is 5.97 Å². The molecule has 1 aliphatic heterocycles. The van der Waals surface area contributed by atoms with E-state index in [9.17, 15) is 19.5 Å². The molecule has 1 saturated heterocycles. The molecule has 8 heteroatoms. The lowest BCUT2D eigenvalue weighted by atomic mass is 10.1. The van der Waals surface area contributed by atoms with E-state index in [1.165, 1.54) is 11.8 Å². The number of benzene rings is 2. The summed E-state index contributed by atoms with van der Waals surface area (Å²) in [6, 6.07) is 13.6. The van der Waals surface area contributed by atoms with Crippen LogP contribution in [0.2, 0.25) is 0 Å². The number of thioether (sulfide) groups is 1. The summed E-state index contributed by atoms with van der Waals surface area (Å²) in [7, 11) is 0. The number of aliphatic carboxylic acids is 1. The first-order valence-corrected chi connectivity index (χ1v) is 10.4. The van der Waals surface area contributed by atoms with Gasteiger partial charge in [0.2, 0.25) is 0 Å². The molecule has 3 rings (SSSR count). The molecule has 1 fully saturated rings. The fourth-order valence-corrected chi connectivity index (χ4v) is 4.15. The molecule has 0 bridgehead atoms. The Hall–Kier alpha value is -2.97. The number of nitrogens with zero attached hydrogens (tertiary/aromatic N) is 1. The number of anilines is 1. The van der Waals surface area contributed by atoms with Gasteiger partial charge in [-0.1, -0.05) is 61.2 Å². The largest absolute Gasteiger partial charge is 0.479 e. The summed E-state index contributed by atoms with van der Waals surface area (Å²) < 4.78 is 5.98. The molecule has 0 aromatic heterocycles. The minimum Gasteiger partial charge on any atom is -0.479 e. The van der Waals surface area contributed by atoms with E-state index in [2.05, 4.69) is 0 Å². The molecule has 1 amide bonds. The van der Waals surface area contributed by atoms with Gasteiger partial charge in [0, 0.05) is 11.1 Å². The van der Waals surface area contributed by atoms with Gasteiger partial charge in [-0.2, -0.15) is 0 Å². The third kappa shape index (κ3) is 4.60. The van der Waals surface area contributed by atoms with Crippen molar-refractivity contribution in [1.29, 1.82) is 0 Å². The number of para-hydroxylation sites is 1. The van der Waals surface area contributed by atoms with Crippen molar-refractivity contribution in [3.63, 3.8) is 0 Å². The highest BCUT2D eigenvalue weighted by Crippen LogP contribution is 2.37. The maximum absolute atomic E-state index is 13.0. The molecule has 2 aromatic carbocycles. The number of carbonyl (C=O) groups is 3. The second-order valence-electron chi connectivity index (χ2n) is 6.51. The van der Waals surface area contributed by atoms with Crippen LogP contribution in [0.1, 0.15) is 36.2 Å². The number of amides is 1. The molecule has 0 aliphatic carbocycles. The second kappa shape index (κ2) is 9.23. The molecule has 0 saturated carbocycles. The van der Waals surface area contributed by atoms with Gasteiger partial charge in [0.1, 0.15) is 5.75 Å². The van der Waals surface area contributed by atoms with Crippen LogP contribution in [0, 0.1) is 0 Å². The van der Waals surface area contributed by atoms with Gasteiger partial charge in [-0.25, -0.2) is 4.79 Å².